The summed E-state index contributed by atoms with van der Waals surface area (Å²) < 4.78 is 10.6. The Balaban J connectivity index is 1.35. The van der Waals surface area contributed by atoms with E-state index in [1.807, 2.05) is 48.5 Å². The van der Waals surface area contributed by atoms with Crippen molar-refractivity contribution in [3.63, 3.8) is 0 Å². The highest BCUT2D eigenvalue weighted by atomic mass is 16.6. The van der Waals surface area contributed by atoms with Crippen molar-refractivity contribution < 1.29 is 33.8 Å². The minimum Gasteiger partial charge on any atom is -0.474 e. The fourth-order valence-corrected chi connectivity index (χ4v) is 4.47. The lowest BCUT2D eigenvalue weighted by molar-refractivity contribution is -0.151. The van der Waals surface area contributed by atoms with Crippen LogP contribution in [0.4, 0.5) is 4.79 Å². The van der Waals surface area contributed by atoms with E-state index in [2.05, 4.69) is 16.2 Å². The topological polar surface area (TPSA) is 143 Å². The van der Waals surface area contributed by atoms with Crippen LogP contribution in [0.25, 0.3) is 11.1 Å². The zero-order valence-electron chi connectivity index (χ0n) is 18.3. The van der Waals surface area contributed by atoms with E-state index in [1.165, 1.54) is 0 Å². The van der Waals surface area contributed by atoms with Gasteiger partial charge in [-0.25, -0.2) is 15.0 Å². The van der Waals surface area contributed by atoms with E-state index in [-0.39, 0.29) is 18.4 Å². The van der Waals surface area contributed by atoms with Gasteiger partial charge in [0.2, 0.25) is 0 Å². The molecule has 10 nitrogen and oxygen atoms in total. The predicted octanol–water partition coefficient (Wildman–Crippen LogP) is 1.55. The van der Waals surface area contributed by atoms with Gasteiger partial charge in [-0.2, -0.15) is 0 Å². The van der Waals surface area contributed by atoms with Crippen LogP contribution >= 0.6 is 0 Å². The van der Waals surface area contributed by atoms with Crippen molar-refractivity contribution in [3.8, 4) is 11.1 Å². The van der Waals surface area contributed by atoms with E-state index >= 15 is 0 Å². The van der Waals surface area contributed by atoms with E-state index in [0.29, 0.717) is 26.1 Å². The number of carbonyl (C=O) groups excluding carboxylic acids is 3. The molecular formula is C24H25N3O7. The summed E-state index contributed by atoms with van der Waals surface area (Å²) >= 11 is 0. The Morgan fingerprint density at radius 1 is 0.941 bits per heavy atom. The molecule has 1 heterocycles. The predicted molar refractivity (Wildman–Crippen MR) is 119 cm³/mol. The summed E-state index contributed by atoms with van der Waals surface area (Å²) in [6.07, 6.45) is 0.0526. The molecule has 10 heteroatoms. The second kappa shape index (κ2) is 10.3. The number of hydrogen-bond donors (Lipinski definition) is 4. The van der Waals surface area contributed by atoms with E-state index < -0.39 is 29.9 Å². The maximum absolute atomic E-state index is 12.7. The Labute approximate surface area is 195 Å². The van der Waals surface area contributed by atoms with Gasteiger partial charge in [-0.1, -0.05) is 48.5 Å². The molecule has 34 heavy (non-hydrogen) atoms. The highest BCUT2D eigenvalue weighted by Crippen LogP contribution is 2.44. The van der Waals surface area contributed by atoms with Crippen molar-refractivity contribution in [2.24, 2.45) is 5.92 Å². The first kappa shape index (κ1) is 23.2. The third-order valence-electron chi connectivity index (χ3n) is 6.13. The van der Waals surface area contributed by atoms with Crippen LogP contribution in [0.15, 0.2) is 48.5 Å². The van der Waals surface area contributed by atoms with Gasteiger partial charge >= 0.3 is 18.0 Å². The number of fused-ring (bicyclic) bond motifs is 3. The van der Waals surface area contributed by atoms with Crippen molar-refractivity contribution >= 4 is 23.9 Å². The molecule has 0 aromatic heterocycles. The zero-order valence-corrected chi connectivity index (χ0v) is 18.3. The standard InChI is InChI=1S/C24H25N3O7/c28-21(20(25-22(29)23(30)31)14-9-11-33-12-10-14)26-27-24(32)34-13-19-17-7-3-1-5-15(17)16-6-2-4-8-18(16)19/h1-8,14,19-20H,9-13H2,(H,25,29)(H,26,28)(H,27,32)(H,30,31). The van der Waals surface area contributed by atoms with Gasteiger partial charge in [-0.3, -0.25) is 15.0 Å². The minimum absolute atomic E-state index is 0.0644. The van der Waals surface area contributed by atoms with Crippen LogP contribution in [0.2, 0.25) is 0 Å². The quantitative estimate of drug-likeness (QED) is 0.386. The van der Waals surface area contributed by atoms with Gasteiger partial charge in [0.15, 0.2) is 0 Å². The molecule has 0 spiro atoms. The van der Waals surface area contributed by atoms with Gasteiger partial charge in [0.05, 0.1) is 0 Å². The van der Waals surface area contributed by atoms with Crippen molar-refractivity contribution in [1.29, 1.82) is 0 Å². The zero-order chi connectivity index (χ0) is 24.1. The summed E-state index contributed by atoms with van der Waals surface area (Å²) in [6.45, 7) is 0.837. The Kier molecular flexibility index (Phi) is 7.07. The van der Waals surface area contributed by atoms with Gasteiger partial charge < -0.3 is 19.9 Å². The monoisotopic (exact) mass is 467 g/mol. The third kappa shape index (κ3) is 5.01. The summed E-state index contributed by atoms with van der Waals surface area (Å²) in [5.41, 5.74) is 8.70. The number of aliphatic carboxylic acids is 1. The number of rotatable bonds is 5. The Bertz CT molecular complexity index is 1050. The van der Waals surface area contributed by atoms with E-state index in [1.54, 1.807) is 0 Å². The Morgan fingerprint density at radius 3 is 2.12 bits per heavy atom. The molecule has 2 aliphatic rings. The van der Waals surface area contributed by atoms with Crippen LogP contribution < -0.4 is 16.2 Å². The van der Waals surface area contributed by atoms with Crippen LogP contribution in [0.5, 0.6) is 0 Å². The number of hydrogen-bond acceptors (Lipinski definition) is 6. The first-order valence-corrected chi connectivity index (χ1v) is 11.0. The molecule has 1 atom stereocenters. The molecule has 0 saturated carbocycles. The number of carbonyl (C=O) groups is 4. The van der Waals surface area contributed by atoms with Gasteiger partial charge in [0.25, 0.3) is 5.91 Å². The van der Waals surface area contributed by atoms with Gasteiger partial charge in [0.1, 0.15) is 12.6 Å². The molecule has 2 aromatic carbocycles. The van der Waals surface area contributed by atoms with Crippen molar-refractivity contribution in [2.45, 2.75) is 24.8 Å². The maximum Gasteiger partial charge on any atom is 0.426 e. The summed E-state index contributed by atoms with van der Waals surface area (Å²) in [5, 5.41) is 11.1. The molecule has 1 fully saturated rings. The largest absolute Gasteiger partial charge is 0.474 e. The molecule has 0 bridgehead atoms. The Hall–Kier alpha value is -3.92. The lowest BCUT2D eigenvalue weighted by Gasteiger charge is -2.29. The number of amides is 3. The van der Waals surface area contributed by atoms with Gasteiger partial charge in [0, 0.05) is 19.1 Å². The lowest BCUT2D eigenvalue weighted by atomic mass is 9.91. The Morgan fingerprint density at radius 2 is 1.53 bits per heavy atom. The molecule has 2 aromatic rings. The normalized spacial score (nSPS) is 16.0. The molecule has 1 aliphatic carbocycles. The lowest BCUT2D eigenvalue weighted by Crippen LogP contribution is -2.57. The summed E-state index contributed by atoms with van der Waals surface area (Å²) in [5.74, 6) is -4.21. The number of carboxylic acid groups (broad SMARTS) is 1. The number of benzene rings is 2. The molecule has 0 radical (unpaired) electrons. The van der Waals surface area contributed by atoms with Crippen LogP contribution in [-0.4, -0.2) is 54.8 Å². The smallest absolute Gasteiger partial charge is 0.426 e. The molecule has 178 valence electrons. The molecule has 4 rings (SSSR count). The van der Waals surface area contributed by atoms with Gasteiger partial charge in [-0.15, -0.1) is 0 Å². The summed E-state index contributed by atoms with van der Waals surface area (Å²) in [7, 11) is 0. The summed E-state index contributed by atoms with van der Waals surface area (Å²) in [6, 6.07) is 14.7. The average molecular weight is 467 g/mol. The SMILES string of the molecule is O=C(NNC(=O)C(NC(=O)C(=O)O)C1CCOCC1)OCC1c2ccccc2-c2ccccc21. The van der Waals surface area contributed by atoms with Crippen LogP contribution in [0, 0.1) is 5.92 Å². The molecule has 3 amide bonds. The highest BCUT2D eigenvalue weighted by molar-refractivity contribution is 6.32. The first-order valence-electron chi connectivity index (χ1n) is 11.0. The first-order chi connectivity index (χ1) is 16.5. The fraction of sp³-hybridized carbons (Fsp3) is 0.333. The van der Waals surface area contributed by atoms with E-state index in [4.69, 9.17) is 14.6 Å². The second-order valence-corrected chi connectivity index (χ2v) is 8.15. The minimum atomic E-state index is -1.70. The molecule has 1 saturated heterocycles. The van der Waals surface area contributed by atoms with Gasteiger partial charge in [-0.05, 0) is 41.0 Å². The molecule has 4 N–H and O–H groups in total. The fourth-order valence-electron chi connectivity index (χ4n) is 4.47. The average Bonchev–Trinajstić information content (AvgIpc) is 3.18. The molecule has 1 aliphatic heterocycles. The van der Waals surface area contributed by atoms with Crippen molar-refractivity contribution in [3.05, 3.63) is 59.7 Å². The summed E-state index contributed by atoms with van der Waals surface area (Å²) in [4.78, 5) is 47.6. The van der Waals surface area contributed by atoms with E-state index in [0.717, 1.165) is 22.3 Å². The number of nitrogens with one attached hydrogen (secondary N) is 3. The molecule has 1 unspecified atom stereocenters. The van der Waals surface area contributed by atoms with Crippen molar-refractivity contribution in [1.82, 2.24) is 16.2 Å². The maximum atomic E-state index is 12.7. The van der Waals surface area contributed by atoms with E-state index in [9.17, 15) is 19.2 Å². The number of carboxylic acids is 1. The molecular weight excluding hydrogens is 442 g/mol. The third-order valence-corrected chi connectivity index (χ3v) is 6.13. The highest BCUT2D eigenvalue weighted by Gasteiger charge is 2.33. The van der Waals surface area contributed by atoms with Crippen LogP contribution in [-0.2, 0) is 23.9 Å². The van der Waals surface area contributed by atoms with Crippen molar-refractivity contribution in [2.75, 3.05) is 19.8 Å². The number of ether oxygens (including phenoxy) is 2. The number of hydrazine groups is 1. The second-order valence-electron chi connectivity index (χ2n) is 8.15. The van der Waals surface area contributed by atoms with Crippen LogP contribution in [0.3, 0.4) is 0 Å². The van der Waals surface area contributed by atoms with Crippen LogP contribution in [0.1, 0.15) is 29.9 Å².